The van der Waals surface area contributed by atoms with Crippen LogP contribution in [0.15, 0.2) is 34.4 Å². The highest BCUT2D eigenvalue weighted by atomic mass is 35.5. The summed E-state index contributed by atoms with van der Waals surface area (Å²) in [5.41, 5.74) is 1.03. The summed E-state index contributed by atoms with van der Waals surface area (Å²) in [6, 6.07) is 5.28. The van der Waals surface area contributed by atoms with Gasteiger partial charge in [-0.25, -0.2) is 4.79 Å². The molecule has 6 nitrogen and oxygen atoms in total. The molecule has 8 heteroatoms. The number of β-amino-alcohol motifs (C(OH)–C–C–N with tert-alkyl or cyclic N) is 1. The number of halogens is 1. The molecule has 1 amide bonds. The first kappa shape index (κ1) is 17.7. The van der Waals surface area contributed by atoms with Gasteiger partial charge in [0.1, 0.15) is 5.70 Å². The van der Waals surface area contributed by atoms with E-state index in [2.05, 4.69) is 5.32 Å². The number of methoxy groups -OCH3 is 1. The fourth-order valence-electron chi connectivity index (χ4n) is 2.26. The van der Waals surface area contributed by atoms with E-state index in [4.69, 9.17) is 21.4 Å². The summed E-state index contributed by atoms with van der Waals surface area (Å²) in [7, 11) is 1.26. The molecule has 2 rings (SSSR count). The zero-order valence-corrected chi connectivity index (χ0v) is 14.3. The Morgan fingerprint density at radius 1 is 1.52 bits per heavy atom. The number of ether oxygens (including phenoxy) is 1. The van der Waals surface area contributed by atoms with Crippen molar-refractivity contribution in [1.29, 1.82) is 0 Å². The largest absolute Gasteiger partial charge is 0.466 e. The second-order valence-electron chi connectivity index (χ2n) is 4.77. The van der Waals surface area contributed by atoms with E-state index in [1.54, 1.807) is 12.1 Å². The molecule has 1 aromatic rings. The van der Waals surface area contributed by atoms with E-state index in [1.165, 1.54) is 23.8 Å². The van der Waals surface area contributed by atoms with Crippen LogP contribution in [-0.4, -0.2) is 54.9 Å². The summed E-state index contributed by atoms with van der Waals surface area (Å²) in [6.45, 7) is 0.0692. The Morgan fingerprint density at radius 2 is 2.26 bits per heavy atom. The van der Waals surface area contributed by atoms with Crippen molar-refractivity contribution in [2.75, 3.05) is 38.4 Å². The molecule has 2 N–H and O–H groups in total. The SMILES string of the molecule is COC(=O)C1=C(Nc2cc(Cl)ccc2SC)C(=O)N(CCO)C1. The number of anilines is 1. The van der Waals surface area contributed by atoms with Gasteiger partial charge in [0, 0.05) is 16.5 Å². The summed E-state index contributed by atoms with van der Waals surface area (Å²) in [5, 5.41) is 12.6. The minimum absolute atomic E-state index is 0.101. The number of thioether (sulfide) groups is 1. The Kier molecular flexibility index (Phi) is 5.92. The van der Waals surface area contributed by atoms with Crippen LogP contribution in [0, 0.1) is 0 Å². The number of carbonyl (C=O) groups excluding carboxylic acids is 2. The lowest BCUT2D eigenvalue weighted by Crippen LogP contribution is -2.31. The van der Waals surface area contributed by atoms with Crippen LogP contribution >= 0.6 is 23.4 Å². The molecule has 1 aromatic carbocycles. The maximum atomic E-state index is 12.5. The minimum Gasteiger partial charge on any atom is -0.466 e. The van der Waals surface area contributed by atoms with Crippen LogP contribution in [0.25, 0.3) is 0 Å². The predicted molar refractivity (Wildman–Crippen MR) is 89.6 cm³/mol. The van der Waals surface area contributed by atoms with E-state index in [1.807, 2.05) is 12.3 Å². The molecule has 0 aromatic heterocycles. The Labute approximate surface area is 143 Å². The molecule has 124 valence electrons. The van der Waals surface area contributed by atoms with Gasteiger partial charge in [0.25, 0.3) is 5.91 Å². The smallest absolute Gasteiger partial charge is 0.337 e. The molecule has 23 heavy (non-hydrogen) atoms. The van der Waals surface area contributed by atoms with Crippen molar-refractivity contribution in [3.63, 3.8) is 0 Å². The highest BCUT2D eigenvalue weighted by molar-refractivity contribution is 7.98. The Balaban J connectivity index is 2.39. The molecule has 0 aliphatic carbocycles. The normalized spacial score (nSPS) is 14.4. The van der Waals surface area contributed by atoms with Crippen molar-refractivity contribution in [3.05, 3.63) is 34.5 Å². The van der Waals surface area contributed by atoms with Gasteiger partial charge in [-0.2, -0.15) is 0 Å². The number of esters is 1. The molecule has 0 radical (unpaired) electrons. The molecule has 0 atom stereocenters. The number of benzene rings is 1. The number of aliphatic hydroxyl groups excluding tert-OH is 1. The first-order valence-corrected chi connectivity index (χ1v) is 8.44. The Hall–Kier alpha value is -1.70. The third-order valence-corrected chi connectivity index (χ3v) is 4.41. The number of rotatable bonds is 6. The van der Waals surface area contributed by atoms with Crippen LogP contribution in [0.4, 0.5) is 5.69 Å². The highest BCUT2D eigenvalue weighted by Gasteiger charge is 2.34. The molecule has 0 fully saturated rings. The first-order valence-electron chi connectivity index (χ1n) is 6.84. The Morgan fingerprint density at radius 3 is 2.87 bits per heavy atom. The summed E-state index contributed by atoms with van der Waals surface area (Å²) >= 11 is 7.51. The van der Waals surface area contributed by atoms with E-state index in [9.17, 15) is 9.59 Å². The second kappa shape index (κ2) is 7.72. The average Bonchev–Trinajstić information content (AvgIpc) is 2.84. The quantitative estimate of drug-likeness (QED) is 0.597. The van der Waals surface area contributed by atoms with E-state index >= 15 is 0 Å². The van der Waals surface area contributed by atoms with Crippen LogP contribution in [0.5, 0.6) is 0 Å². The summed E-state index contributed by atoms with van der Waals surface area (Å²) < 4.78 is 4.75. The molecular weight excluding hydrogens is 340 g/mol. The van der Waals surface area contributed by atoms with Crippen LogP contribution < -0.4 is 5.32 Å². The molecule has 1 aliphatic rings. The number of nitrogens with one attached hydrogen (secondary N) is 1. The number of hydrogen-bond acceptors (Lipinski definition) is 6. The topological polar surface area (TPSA) is 78.9 Å². The van der Waals surface area contributed by atoms with Gasteiger partial charge in [-0.1, -0.05) is 11.6 Å². The van der Waals surface area contributed by atoms with Gasteiger partial charge in [-0.15, -0.1) is 11.8 Å². The fourth-order valence-corrected chi connectivity index (χ4v) is 2.97. The van der Waals surface area contributed by atoms with Gasteiger partial charge in [-0.05, 0) is 24.5 Å². The van der Waals surface area contributed by atoms with Gasteiger partial charge in [-0.3, -0.25) is 4.79 Å². The van der Waals surface area contributed by atoms with Crippen molar-refractivity contribution in [2.24, 2.45) is 0 Å². The van der Waals surface area contributed by atoms with E-state index in [-0.39, 0.29) is 36.9 Å². The molecule has 0 saturated carbocycles. The van der Waals surface area contributed by atoms with Crippen molar-refractivity contribution >= 4 is 40.9 Å². The van der Waals surface area contributed by atoms with Gasteiger partial charge in [0.15, 0.2) is 0 Å². The zero-order valence-electron chi connectivity index (χ0n) is 12.8. The van der Waals surface area contributed by atoms with Crippen LogP contribution in [0.1, 0.15) is 0 Å². The van der Waals surface area contributed by atoms with Gasteiger partial charge >= 0.3 is 5.97 Å². The maximum Gasteiger partial charge on any atom is 0.337 e. The standard InChI is InChI=1S/C15H17ClN2O4S/c1-22-15(21)10-8-18(5-6-19)14(20)13(10)17-11-7-9(16)3-4-12(11)23-2/h3-4,7,17,19H,5-6,8H2,1-2H3. The molecule has 1 heterocycles. The lowest BCUT2D eigenvalue weighted by molar-refractivity contribution is -0.136. The highest BCUT2D eigenvalue weighted by Crippen LogP contribution is 2.31. The minimum atomic E-state index is -0.575. The lowest BCUT2D eigenvalue weighted by atomic mass is 10.2. The number of amides is 1. The first-order chi connectivity index (χ1) is 11.0. The second-order valence-corrected chi connectivity index (χ2v) is 6.05. The fraction of sp³-hybridized carbons (Fsp3) is 0.333. The van der Waals surface area contributed by atoms with Gasteiger partial charge in [0.05, 0.1) is 31.5 Å². The maximum absolute atomic E-state index is 12.5. The van der Waals surface area contributed by atoms with E-state index < -0.39 is 5.97 Å². The summed E-state index contributed by atoms with van der Waals surface area (Å²) in [5.74, 6) is -0.930. The van der Waals surface area contributed by atoms with E-state index in [0.717, 1.165) is 4.90 Å². The van der Waals surface area contributed by atoms with Gasteiger partial charge < -0.3 is 20.1 Å². The average molecular weight is 357 g/mol. The van der Waals surface area contributed by atoms with Crippen LogP contribution in [0.3, 0.4) is 0 Å². The number of hydrogen-bond donors (Lipinski definition) is 2. The zero-order chi connectivity index (χ0) is 17.0. The lowest BCUT2D eigenvalue weighted by Gasteiger charge is -2.16. The number of nitrogens with zero attached hydrogens (tertiary/aromatic N) is 1. The Bertz CT molecular complexity index is 663. The van der Waals surface area contributed by atoms with Crippen molar-refractivity contribution in [2.45, 2.75) is 4.90 Å². The predicted octanol–water partition coefficient (Wildman–Crippen LogP) is 1.74. The van der Waals surface area contributed by atoms with Crippen LogP contribution in [-0.2, 0) is 14.3 Å². The third-order valence-electron chi connectivity index (χ3n) is 3.37. The summed E-state index contributed by atoms with van der Waals surface area (Å²) in [4.78, 5) is 26.7. The third kappa shape index (κ3) is 3.80. The molecule has 0 saturated heterocycles. The monoisotopic (exact) mass is 356 g/mol. The van der Waals surface area contributed by atoms with Gasteiger partial charge in [0.2, 0.25) is 0 Å². The molecule has 0 bridgehead atoms. The molecule has 1 aliphatic heterocycles. The van der Waals surface area contributed by atoms with E-state index in [0.29, 0.717) is 10.7 Å². The molecule has 0 spiro atoms. The van der Waals surface area contributed by atoms with Crippen LogP contribution in [0.2, 0.25) is 5.02 Å². The van der Waals surface area contributed by atoms with Crippen molar-refractivity contribution in [1.82, 2.24) is 4.90 Å². The van der Waals surface area contributed by atoms with Crippen molar-refractivity contribution < 1.29 is 19.4 Å². The number of aliphatic hydroxyl groups is 1. The molecule has 0 unspecified atom stereocenters. The number of carbonyl (C=O) groups is 2. The van der Waals surface area contributed by atoms with Crippen molar-refractivity contribution in [3.8, 4) is 0 Å². The molecular formula is C15H17ClN2O4S. The summed E-state index contributed by atoms with van der Waals surface area (Å²) in [6.07, 6.45) is 1.90.